The fourth-order valence-corrected chi connectivity index (χ4v) is 2.80. The van der Waals surface area contributed by atoms with E-state index in [1.165, 1.54) is 12.8 Å². The van der Waals surface area contributed by atoms with Crippen LogP contribution in [0.4, 0.5) is 4.79 Å². The highest BCUT2D eigenvalue weighted by molar-refractivity contribution is 5.74. The van der Waals surface area contributed by atoms with Crippen molar-refractivity contribution in [2.45, 2.75) is 45.1 Å². The van der Waals surface area contributed by atoms with Gasteiger partial charge in [-0.05, 0) is 25.2 Å². The van der Waals surface area contributed by atoms with Crippen LogP contribution in [-0.2, 0) is 0 Å². The normalized spacial score (nSPS) is 31.2. The molecule has 2 fully saturated rings. The second-order valence-corrected chi connectivity index (χ2v) is 5.56. The van der Waals surface area contributed by atoms with Crippen LogP contribution in [0.1, 0.15) is 39.0 Å². The first-order chi connectivity index (χ1) is 8.18. The van der Waals surface area contributed by atoms with E-state index in [4.69, 9.17) is 5.73 Å². The minimum Gasteiger partial charge on any atom is -0.327 e. The molecule has 0 saturated carbocycles. The highest BCUT2D eigenvalue weighted by Gasteiger charge is 2.29. The summed E-state index contributed by atoms with van der Waals surface area (Å²) in [4.78, 5) is 16.4. The van der Waals surface area contributed by atoms with Crippen LogP contribution >= 0.6 is 0 Å². The van der Waals surface area contributed by atoms with Crippen molar-refractivity contribution in [2.24, 2.45) is 11.7 Å². The van der Waals surface area contributed by atoms with Gasteiger partial charge in [0.25, 0.3) is 0 Å². The summed E-state index contributed by atoms with van der Waals surface area (Å²) in [7, 11) is 0. The molecule has 4 nitrogen and oxygen atoms in total. The summed E-state index contributed by atoms with van der Waals surface area (Å²) in [6.45, 7) is 5.69. The van der Waals surface area contributed by atoms with Crippen LogP contribution in [0.5, 0.6) is 0 Å². The molecular weight excluding hydrogens is 214 g/mol. The Labute approximate surface area is 104 Å². The van der Waals surface area contributed by atoms with E-state index in [1.54, 1.807) is 0 Å². The van der Waals surface area contributed by atoms with Crippen LogP contribution in [0.3, 0.4) is 0 Å². The molecule has 2 saturated heterocycles. The second kappa shape index (κ2) is 5.71. The molecule has 0 aromatic rings. The highest BCUT2D eigenvalue weighted by atomic mass is 16.2. The van der Waals surface area contributed by atoms with Gasteiger partial charge in [0, 0.05) is 32.2 Å². The van der Waals surface area contributed by atoms with Gasteiger partial charge in [0.15, 0.2) is 0 Å². The number of nitrogens with two attached hydrogens (primary N) is 1. The molecular formula is C13H25N3O. The maximum Gasteiger partial charge on any atom is 0.320 e. The Morgan fingerprint density at radius 1 is 1.06 bits per heavy atom. The Bertz CT molecular complexity index is 261. The molecule has 0 aromatic carbocycles. The van der Waals surface area contributed by atoms with Crippen molar-refractivity contribution in [3.63, 3.8) is 0 Å². The van der Waals surface area contributed by atoms with E-state index in [1.807, 2.05) is 9.80 Å². The Morgan fingerprint density at radius 2 is 1.71 bits per heavy atom. The van der Waals surface area contributed by atoms with E-state index in [0.717, 1.165) is 45.4 Å². The van der Waals surface area contributed by atoms with Gasteiger partial charge in [-0.25, -0.2) is 4.79 Å². The number of carbonyl (C=O) groups excluding carboxylic acids is 1. The lowest BCUT2D eigenvalue weighted by molar-refractivity contribution is 0.126. The lowest BCUT2D eigenvalue weighted by atomic mass is 9.95. The zero-order chi connectivity index (χ0) is 12.3. The van der Waals surface area contributed by atoms with Crippen LogP contribution in [0.2, 0.25) is 0 Å². The van der Waals surface area contributed by atoms with E-state index in [2.05, 4.69) is 6.92 Å². The molecule has 0 spiro atoms. The molecule has 2 N–H and O–H groups in total. The summed E-state index contributed by atoms with van der Waals surface area (Å²) in [5, 5.41) is 0. The van der Waals surface area contributed by atoms with E-state index < -0.39 is 0 Å². The molecule has 2 heterocycles. The molecule has 2 aliphatic rings. The zero-order valence-corrected chi connectivity index (χ0v) is 10.9. The summed E-state index contributed by atoms with van der Waals surface area (Å²) in [6.07, 6.45) is 5.81. The van der Waals surface area contributed by atoms with Crippen LogP contribution < -0.4 is 5.73 Å². The minimum absolute atomic E-state index is 0.241. The standard InChI is InChI=1S/C13H25N3O/c1-11-10-16(9-6-12(11)14)13(17)15-7-4-2-3-5-8-15/h11-12H,2-10,14H2,1H3. The number of likely N-dealkylation sites (tertiary alicyclic amines) is 2. The third-order valence-corrected chi connectivity index (χ3v) is 4.12. The average Bonchev–Trinajstić information content (AvgIpc) is 2.60. The summed E-state index contributed by atoms with van der Waals surface area (Å²) < 4.78 is 0. The van der Waals surface area contributed by atoms with E-state index in [9.17, 15) is 4.79 Å². The fraction of sp³-hybridized carbons (Fsp3) is 0.923. The summed E-state index contributed by atoms with van der Waals surface area (Å²) in [5.41, 5.74) is 5.99. The second-order valence-electron chi connectivity index (χ2n) is 5.56. The van der Waals surface area contributed by atoms with Crippen molar-refractivity contribution in [3.8, 4) is 0 Å². The largest absolute Gasteiger partial charge is 0.327 e. The molecule has 2 aliphatic heterocycles. The van der Waals surface area contributed by atoms with Crippen molar-refractivity contribution in [1.29, 1.82) is 0 Å². The lowest BCUT2D eigenvalue weighted by Crippen LogP contribution is -2.52. The molecule has 98 valence electrons. The third kappa shape index (κ3) is 3.12. The number of nitrogens with zero attached hydrogens (tertiary/aromatic N) is 2. The van der Waals surface area contributed by atoms with Crippen molar-refractivity contribution < 1.29 is 4.79 Å². The van der Waals surface area contributed by atoms with Gasteiger partial charge in [-0.2, -0.15) is 0 Å². The Kier molecular flexibility index (Phi) is 4.26. The molecule has 4 heteroatoms. The van der Waals surface area contributed by atoms with E-state index in [-0.39, 0.29) is 12.1 Å². The van der Waals surface area contributed by atoms with Gasteiger partial charge in [-0.15, -0.1) is 0 Å². The third-order valence-electron chi connectivity index (χ3n) is 4.12. The van der Waals surface area contributed by atoms with Gasteiger partial charge in [0.05, 0.1) is 0 Å². The van der Waals surface area contributed by atoms with Gasteiger partial charge in [-0.1, -0.05) is 19.8 Å². The van der Waals surface area contributed by atoms with E-state index in [0.29, 0.717) is 5.92 Å². The predicted molar refractivity (Wildman–Crippen MR) is 68.8 cm³/mol. The Balaban J connectivity index is 1.90. The maximum absolute atomic E-state index is 12.4. The first kappa shape index (κ1) is 12.7. The van der Waals surface area contributed by atoms with Crippen LogP contribution in [0, 0.1) is 5.92 Å². The minimum atomic E-state index is 0.241. The maximum atomic E-state index is 12.4. The number of urea groups is 1. The quantitative estimate of drug-likeness (QED) is 0.699. The highest BCUT2D eigenvalue weighted by Crippen LogP contribution is 2.18. The number of amides is 2. The molecule has 0 radical (unpaired) electrons. The van der Waals surface area contributed by atoms with Crippen molar-refractivity contribution in [1.82, 2.24) is 9.80 Å². The van der Waals surface area contributed by atoms with E-state index >= 15 is 0 Å². The number of carbonyl (C=O) groups is 1. The summed E-state index contributed by atoms with van der Waals surface area (Å²) in [5.74, 6) is 0.430. The Hall–Kier alpha value is -0.770. The van der Waals surface area contributed by atoms with Gasteiger partial charge >= 0.3 is 6.03 Å². The van der Waals surface area contributed by atoms with Gasteiger partial charge in [0.2, 0.25) is 0 Å². The van der Waals surface area contributed by atoms with Crippen molar-refractivity contribution >= 4 is 6.03 Å². The fourth-order valence-electron chi connectivity index (χ4n) is 2.80. The topological polar surface area (TPSA) is 49.6 Å². The van der Waals surface area contributed by atoms with Crippen LogP contribution in [-0.4, -0.2) is 48.1 Å². The number of piperidine rings is 1. The first-order valence-corrected chi connectivity index (χ1v) is 6.98. The summed E-state index contributed by atoms with van der Waals surface area (Å²) in [6, 6.07) is 0.508. The molecule has 0 bridgehead atoms. The molecule has 2 rings (SSSR count). The lowest BCUT2D eigenvalue weighted by Gasteiger charge is -2.37. The molecule has 2 amide bonds. The Morgan fingerprint density at radius 3 is 2.29 bits per heavy atom. The molecule has 2 unspecified atom stereocenters. The van der Waals surface area contributed by atoms with Crippen LogP contribution in [0.15, 0.2) is 0 Å². The molecule has 2 atom stereocenters. The molecule has 17 heavy (non-hydrogen) atoms. The monoisotopic (exact) mass is 239 g/mol. The van der Waals surface area contributed by atoms with Gasteiger partial charge < -0.3 is 15.5 Å². The van der Waals surface area contributed by atoms with Gasteiger partial charge in [0.1, 0.15) is 0 Å². The number of hydrogen-bond acceptors (Lipinski definition) is 2. The molecule has 0 aliphatic carbocycles. The number of rotatable bonds is 0. The van der Waals surface area contributed by atoms with Gasteiger partial charge in [-0.3, -0.25) is 0 Å². The predicted octanol–water partition coefficient (Wildman–Crippen LogP) is 1.65. The average molecular weight is 239 g/mol. The SMILES string of the molecule is CC1CN(C(=O)N2CCCCCC2)CCC1N. The number of hydrogen-bond donors (Lipinski definition) is 1. The van der Waals surface area contributed by atoms with Crippen LogP contribution in [0.25, 0.3) is 0 Å². The first-order valence-electron chi connectivity index (χ1n) is 6.98. The zero-order valence-electron chi connectivity index (χ0n) is 10.9. The summed E-state index contributed by atoms with van der Waals surface area (Å²) >= 11 is 0. The smallest absolute Gasteiger partial charge is 0.320 e. The van der Waals surface area contributed by atoms with Crippen molar-refractivity contribution in [3.05, 3.63) is 0 Å². The van der Waals surface area contributed by atoms with Crippen molar-refractivity contribution in [2.75, 3.05) is 26.2 Å². The molecule has 0 aromatic heterocycles.